The Morgan fingerprint density at radius 3 is 2.43 bits per heavy atom. The summed E-state index contributed by atoms with van der Waals surface area (Å²) in [4.78, 5) is 27.4. The lowest BCUT2D eigenvalue weighted by Crippen LogP contribution is -2.42. The smallest absolute Gasteiger partial charge is 0.350 e. The summed E-state index contributed by atoms with van der Waals surface area (Å²) in [6.07, 6.45) is 1.16. The van der Waals surface area contributed by atoms with E-state index in [1.54, 1.807) is 12.1 Å². The largest absolute Gasteiger partial charge is 0.481 e. The van der Waals surface area contributed by atoms with Crippen molar-refractivity contribution < 1.29 is 23.8 Å². The first-order valence-corrected chi connectivity index (χ1v) is 6.34. The van der Waals surface area contributed by atoms with Crippen LogP contribution in [0.3, 0.4) is 0 Å². The normalized spacial score (nSPS) is 16.9. The van der Waals surface area contributed by atoms with E-state index in [1.165, 1.54) is 21.0 Å². The highest BCUT2D eigenvalue weighted by Crippen LogP contribution is 2.25. The molecule has 8 heteroatoms. The predicted octanol–water partition coefficient (Wildman–Crippen LogP) is 1.88. The Labute approximate surface area is 125 Å². The molecule has 7 nitrogen and oxygen atoms in total. The van der Waals surface area contributed by atoms with Crippen LogP contribution in [0.15, 0.2) is 23.9 Å². The van der Waals surface area contributed by atoms with E-state index < -0.39 is 17.7 Å². The molecule has 0 saturated carbocycles. The van der Waals surface area contributed by atoms with E-state index >= 15 is 0 Å². The Morgan fingerprint density at radius 2 is 1.90 bits per heavy atom. The number of aromatic nitrogens is 1. The number of nitrogens with zero attached hydrogens (tertiary/aromatic N) is 1. The first kappa shape index (κ1) is 15.1. The van der Waals surface area contributed by atoms with Gasteiger partial charge in [0.25, 0.3) is 5.79 Å². The SMILES string of the molecule is COc1ccc(NC=C2C(=O)OC(C)(C)OC2=O)c(Cl)n1. The first-order chi connectivity index (χ1) is 9.82. The second-order valence-electron chi connectivity index (χ2n) is 4.57. The van der Waals surface area contributed by atoms with Crippen LogP contribution in [-0.4, -0.2) is 29.8 Å². The lowest BCUT2D eigenvalue weighted by atomic mass is 10.2. The average molecular weight is 313 g/mol. The fourth-order valence-electron chi connectivity index (χ4n) is 1.57. The van der Waals surface area contributed by atoms with Crippen LogP contribution in [0.4, 0.5) is 5.69 Å². The van der Waals surface area contributed by atoms with Gasteiger partial charge in [0.2, 0.25) is 5.88 Å². The minimum atomic E-state index is -1.27. The summed E-state index contributed by atoms with van der Waals surface area (Å²) >= 11 is 5.93. The molecule has 0 aliphatic carbocycles. The van der Waals surface area contributed by atoms with Crippen LogP contribution in [0.2, 0.25) is 5.15 Å². The molecule has 1 aromatic heterocycles. The van der Waals surface area contributed by atoms with Gasteiger partial charge in [-0.15, -0.1) is 0 Å². The minimum Gasteiger partial charge on any atom is -0.481 e. The maximum absolute atomic E-state index is 11.7. The molecule has 0 bridgehead atoms. The fraction of sp³-hybridized carbons (Fsp3) is 0.308. The third kappa shape index (κ3) is 3.43. The number of rotatable bonds is 3. The summed E-state index contributed by atoms with van der Waals surface area (Å²) in [6, 6.07) is 3.17. The fourth-order valence-corrected chi connectivity index (χ4v) is 1.77. The van der Waals surface area contributed by atoms with Crippen molar-refractivity contribution in [3.05, 3.63) is 29.1 Å². The van der Waals surface area contributed by atoms with Gasteiger partial charge in [0, 0.05) is 26.1 Å². The number of hydrogen-bond acceptors (Lipinski definition) is 7. The van der Waals surface area contributed by atoms with Crippen molar-refractivity contribution in [3.63, 3.8) is 0 Å². The number of esters is 2. The summed E-state index contributed by atoms with van der Waals surface area (Å²) < 4.78 is 14.8. The number of carbonyl (C=O) groups is 2. The van der Waals surface area contributed by atoms with Crippen LogP contribution in [0.25, 0.3) is 0 Å². The average Bonchev–Trinajstić information content (AvgIpc) is 2.37. The molecule has 112 valence electrons. The Morgan fingerprint density at radius 1 is 1.29 bits per heavy atom. The molecule has 1 N–H and O–H groups in total. The molecule has 1 aromatic rings. The molecular formula is C13H13ClN2O5. The standard InChI is InChI=1S/C13H13ClN2O5/c1-13(2)20-11(17)7(12(18)21-13)6-15-8-4-5-9(19-3)16-10(8)14/h4-6,15H,1-3H3. The Balaban J connectivity index is 2.18. The second kappa shape index (κ2) is 5.61. The van der Waals surface area contributed by atoms with Crippen molar-refractivity contribution >= 4 is 29.2 Å². The molecule has 1 saturated heterocycles. The number of hydrogen-bond donors (Lipinski definition) is 1. The number of halogens is 1. The van der Waals surface area contributed by atoms with Crippen LogP contribution in [-0.2, 0) is 19.1 Å². The van der Waals surface area contributed by atoms with Crippen LogP contribution in [0.1, 0.15) is 13.8 Å². The van der Waals surface area contributed by atoms with E-state index in [-0.39, 0.29) is 10.7 Å². The van der Waals surface area contributed by atoms with E-state index in [9.17, 15) is 9.59 Å². The summed E-state index contributed by atoms with van der Waals surface area (Å²) in [5.74, 6) is -2.48. The Kier molecular flexibility index (Phi) is 4.04. The third-order valence-corrected chi connectivity index (χ3v) is 2.81. The van der Waals surface area contributed by atoms with Crippen LogP contribution < -0.4 is 10.1 Å². The molecule has 1 aliphatic rings. The van der Waals surface area contributed by atoms with E-state index in [1.807, 2.05) is 0 Å². The van der Waals surface area contributed by atoms with Gasteiger partial charge in [-0.2, -0.15) is 4.98 Å². The summed E-state index contributed by atoms with van der Waals surface area (Å²) in [5.41, 5.74) is 0.136. The zero-order valence-corrected chi connectivity index (χ0v) is 12.4. The molecule has 0 atom stereocenters. The van der Waals surface area contributed by atoms with Crippen molar-refractivity contribution in [1.82, 2.24) is 4.98 Å². The van der Waals surface area contributed by atoms with Crippen LogP contribution in [0.5, 0.6) is 5.88 Å². The van der Waals surface area contributed by atoms with E-state index in [0.29, 0.717) is 11.6 Å². The number of pyridine rings is 1. The molecule has 0 aromatic carbocycles. The number of carbonyl (C=O) groups excluding carboxylic acids is 2. The van der Waals surface area contributed by atoms with Gasteiger partial charge in [-0.3, -0.25) is 0 Å². The van der Waals surface area contributed by atoms with E-state index in [2.05, 4.69) is 10.3 Å². The molecule has 21 heavy (non-hydrogen) atoms. The predicted molar refractivity (Wildman–Crippen MR) is 73.8 cm³/mol. The van der Waals surface area contributed by atoms with E-state index in [4.69, 9.17) is 25.8 Å². The number of anilines is 1. The maximum atomic E-state index is 11.7. The minimum absolute atomic E-state index is 0.129. The number of ether oxygens (including phenoxy) is 3. The van der Waals surface area contributed by atoms with Gasteiger partial charge in [0.15, 0.2) is 10.7 Å². The van der Waals surface area contributed by atoms with Gasteiger partial charge in [-0.05, 0) is 6.07 Å². The second-order valence-corrected chi connectivity index (χ2v) is 4.93. The first-order valence-electron chi connectivity index (χ1n) is 5.96. The molecule has 1 aliphatic heterocycles. The number of cyclic esters (lactones) is 2. The Hall–Kier alpha value is -2.28. The van der Waals surface area contributed by atoms with Crippen LogP contribution >= 0.6 is 11.6 Å². The number of nitrogens with one attached hydrogen (secondary N) is 1. The quantitative estimate of drug-likeness (QED) is 0.394. The van der Waals surface area contributed by atoms with Gasteiger partial charge < -0.3 is 19.5 Å². The lowest BCUT2D eigenvalue weighted by molar-refractivity contribution is -0.222. The monoisotopic (exact) mass is 312 g/mol. The van der Waals surface area contributed by atoms with Gasteiger partial charge in [-0.25, -0.2) is 9.59 Å². The molecule has 0 radical (unpaired) electrons. The summed E-state index contributed by atoms with van der Waals surface area (Å²) in [7, 11) is 1.46. The zero-order chi connectivity index (χ0) is 15.6. The molecule has 2 heterocycles. The highest BCUT2D eigenvalue weighted by atomic mass is 35.5. The Bertz CT molecular complexity index is 605. The number of methoxy groups -OCH3 is 1. The van der Waals surface area contributed by atoms with Gasteiger partial charge >= 0.3 is 11.9 Å². The van der Waals surface area contributed by atoms with Crippen molar-refractivity contribution in [3.8, 4) is 5.88 Å². The van der Waals surface area contributed by atoms with Crippen molar-refractivity contribution in [2.24, 2.45) is 0 Å². The van der Waals surface area contributed by atoms with Crippen molar-refractivity contribution in [2.45, 2.75) is 19.6 Å². The maximum Gasteiger partial charge on any atom is 0.350 e. The molecule has 1 fully saturated rings. The molecule has 0 unspecified atom stereocenters. The highest BCUT2D eigenvalue weighted by molar-refractivity contribution is 6.32. The van der Waals surface area contributed by atoms with E-state index in [0.717, 1.165) is 6.20 Å². The molecule has 2 rings (SSSR count). The molecular weight excluding hydrogens is 300 g/mol. The molecule has 0 amide bonds. The van der Waals surface area contributed by atoms with Crippen LogP contribution in [0, 0.1) is 0 Å². The highest BCUT2D eigenvalue weighted by Gasteiger charge is 2.38. The summed E-state index contributed by atoms with van der Waals surface area (Å²) in [6.45, 7) is 2.94. The van der Waals surface area contributed by atoms with Crippen molar-refractivity contribution in [1.29, 1.82) is 0 Å². The third-order valence-electron chi connectivity index (χ3n) is 2.52. The van der Waals surface area contributed by atoms with Crippen molar-refractivity contribution in [2.75, 3.05) is 12.4 Å². The lowest BCUT2D eigenvalue weighted by Gasteiger charge is -2.29. The van der Waals surface area contributed by atoms with Gasteiger partial charge in [0.05, 0.1) is 12.8 Å². The molecule has 0 spiro atoms. The summed E-state index contributed by atoms with van der Waals surface area (Å²) in [5, 5.41) is 2.84. The van der Waals surface area contributed by atoms with Gasteiger partial charge in [-0.1, -0.05) is 11.6 Å². The van der Waals surface area contributed by atoms with Gasteiger partial charge in [0.1, 0.15) is 0 Å². The topological polar surface area (TPSA) is 86.8 Å². The zero-order valence-electron chi connectivity index (χ0n) is 11.6.